The van der Waals surface area contributed by atoms with Gasteiger partial charge in [-0.15, -0.1) is 15.3 Å². The van der Waals surface area contributed by atoms with Gasteiger partial charge in [0.15, 0.2) is 11.5 Å². The Balaban J connectivity index is 1.22. The van der Waals surface area contributed by atoms with Crippen LogP contribution in [0.3, 0.4) is 0 Å². The average molecular weight is 454 g/mol. The number of carbonyl (C=O) groups is 2. The van der Waals surface area contributed by atoms with Gasteiger partial charge in [0.2, 0.25) is 11.8 Å². The molecule has 2 N–H and O–H groups in total. The Hall–Kier alpha value is -3.43. The highest BCUT2D eigenvalue weighted by molar-refractivity contribution is 5.78. The smallest absolute Gasteiger partial charge is 0.222 e. The predicted molar refractivity (Wildman–Crippen MR) is 123 cm³/mol. The summed E-state index contributed by atoms with van der Waals surface area (Å²) in [7, 11) is 0. The summed E-state index contributed by atoms with van der Waals surface area (Å²) in [5.41, 5.74) is 0.644. The number of rotatable bonds is 12. The molecule has 0 radical (unpaired) electrons. The lowest BCUT2D eigenvalue weighted by Crippen LogP contribution is -2.33. The van der Waals surface area contributed by atoms with E-state index >= 15 is 0 Å². The molecule has 1 aliphatic rings. The standard InChI is InChI=1S/C23H31N7O3/c1-17(7-8-18-5-3-16-33-18)25-22(31)12-11-21-27-26-20-10-9-19(28-30(20)21)24-13-4-15-29-14-2-6-23(29)32/h3,5,9-10,16-17H,2,4,6-8,11-15H2,1H3,(H,24,28)(H,25,31). The number of hydrogen-bond acceptors (Lipinski definition) is 7. The van der Waals surface area contributed by atoms with Crippen molar-refractivity contribution in [1.82, 2.24) is 30.0 Å². The Kier molecular flexibility index (Phi) is 7.54. The first-order valence-electron chi connectivity index (χ1n) is 11.6. The first-order valence-corrected chi connectivity index (χ1v) is 11.6. The third kappa shape index (κ3) is 6.30. The Morgan fingerprint density at radius 2 is 2.15 bits per heavy atom. The first-order chi connectivity index (χ1) is 16.1. The summed E-state index contributed by atoms with van der Waals surface area (Å²) in [6.07, 6.45) is 6.52. The summed E-state index contributed by atoms with van der Waals surface area (Å²) >= 11 is 0. The third-order valence-electron chi connectivity index (χ3n) is 5.80. The molecule has 1 saturated heterocycles. The van der Waals surface area contributed by atoms with E-state index in [9.17, 15) is 9.59 Å². The minimum Gasteiger partial charge on any atom is -0.469 e. The zero-order valence-electron chi connectivity index (χ0n) is 19.0. The van der Waals surface area contributed by atoms with Gasteiger partial charge in [0.1, 0.15) is 11.6 Å². The predicted octanol–water partition coefficient (Wildman–Crippen LogP) is 2.21. The van der Waals surface area contributed by atoms with E-state index in [0.29, 0.717) is 36.6 Å². The molecule has 10 nitrogen and oxygen atoms in total. The lowest BCUT2D eigenvalue weighted by molar-refractivity contribution is -0.127. The number of amides is 2. The van der Waals surface area contributed by atoms with Crippen LogP contribution in [0, 0.1) is 0 Å². The van der Waals surface area contributed by atoms with Gasteiger partial charge in [-0.25, -0.2) is 0 Å². The second-order valence-corrected chi connectivity index (χ2v) is 8.46. The van der Waals surface area contributed by atoms with E-state index < -0.39 is 0 Å². The molecular formula is C23H31N7O3. The van der Waals surface area contributed by atoms with Crippen LogP contribution in [0.15, 0.2) is 34.9 Å². The number of aromatic nitrogens is 4. The highest BCUT2D eigenvalue weighted by atomic mass is 16.3. The molecule has 0 spiro atoms. The Bertz CT molecular complexity index is 1060. The van der Waals surface area contributed by atoms with E-state index in [-0.39, 0.29) is 17.9 Å². The molecule has 10 heteroatoms. The molecule has 1 aliphatic heterocycles. The Morgan fingerprint density at radius 3 is 2.94 bits per heavy atom. The molecule has 4 heterocycles. The van der Waals surface area contributed by atoms with Crippen LogP contribution >= 0.6 is 0 Å². The zero-order chi connectivity index (χ0) is 23.0. The van der Waals surface area contributed by atoms with Gasteiger partial charge >= 0.3 is 0 Å². The van der Waals surface area contributed by atoms with Crippen LogP contribution in [0.5, 0.6) is 0 Å². The van der Waals surface area contributed by atoms with Crippen molar-refractivity contribution in [3.8, 4) is 0 Å². The second kappa shape index (κ2) is 10.9. The first kappa shape index (κ1) is 22.8. The van der Waals surface area contributed by atoms with E-state index in [2.05, 4.69) is 25.9 Å². The van der Waals surface area contributed by atoms with Gasteiger partial charge in [-0.1, -0.05) is 0 Å². The maximum Gasteiger partial charge on any atom is 0.222 e. The minimum atomic E-state index is -0.0237. The van der Waals surface area contributed by atoms with Crippen molar-refractivity contribution < 1.29 is 14.0 Å². The fraction of sp³-hybridized carbons (Fsp3) is 0.522. The minimum absolute atomic E-state index is 0.0237. The van der Waals surface area contributed by atoms with Gasteiger partial charge in [0, 0.05) is 51.4 Å². The molecule has 1 atom stereocenters. The van der Waals surface area contributed by atoms with E-state index in [0.717, 1.165) is 51.1 Å². The van der Waals surface area contributed by atoms with Gasteiger partial charge in [0.25, 0.3) is 0 Å². The summed E-state index contributed by atoms with van der Waals surface area (Å²) in [6, 6.07) is 7.58. The van der Waals surface area contributed by atoms with Crippen molar-refractivity contribution >= 4 is 23.3 Å². The molecular weight excluding hydrogens is 422 g/mol. The highest BCUT2D eigenvalue weighted by Crippen LogP contribution is 2.11. The average Bonchev–Trinajstić information content (AvgIpc) is 3.55. The fourth-order valence-electron chi connectivity index (χ4n) is 3.97. The van der Waals surface area contributed by atoms with Gasteiger partial charge in [-0.2, -0.15) is 4.52 Å². The van der Waals surface area contributed by atoms with Crippen molar-refractivity contribution in [3.63, 3.8) is 0 Å². The summed E-state index contributed by atoms with van der Waals surface area (Å²) < 4.78 is 7.02. The van der Waals surface area contributed by atoms with Crippen LogP contribution < -0.4 is 10.6 Å². The highest BCUT2D eigenvalue weighted by Gasteiger charge is 2.19. The van der Waals surface area contributed by atoms with Crippen molar-refractivity contribution in [1.29, 1.82) is 0 Å². The Labute approximate surface area is 192 Å². The normalized spacial score (nSPS) is 14.7. The summed E-state index contributed by atoms with van der Waals surface area (Å²) in [5, 5.41) is 19.2. The van der Waals surface area contributed by atoms with Gasteiger partial charge < -0.3 is 20.0 Å². The number of carbonyl (C=O) groups excluding carboxylic acids is 2. The monoisotopic (exact) mass is 453 g/mol. The van der Waals surface area contributed by atoms with Crippen LogP contribution in [0.2, 0.25) is 0 Å². The quantitative estimate of drug-likeness (QED) is 0.404. The van der Waals surface area contributed by atoms with Crippen molar-refractivity contribution in [3.05, 3.63) is 42.1 Å². The lowest BCUT2D eigenvalue weighted by atomic mass is 10.1. The molecule has 0 aromatic carbocycles. The summed E-state index contributed by atoms with van der Waals surface area (Å²) in [6.45, 7) is 4.34. The number of nitrogens with one attached hydrogen (secondary N) is 2. The zero-order valence-corrected chi connectivity index (χ0v) is 19.0. The molecule has 3 aromatic heterocycles. The maximum atomic E-state index is 12.4. The molecule has 0 saturated carbocycles. The molecule has 0 bridgehead atoms. The third-order valence-corrected chi connectivity index (χ3v) is 5.80. The topological polar surface area (TPSA) is 118 Å². The van der Waals surface area contributed by atoms with E-state index in [1.165, 1.54) is 0 Å². The van der Waals surface area contributed by atoms with Crippen LogP contribution in [-0.4, -0.2) is 62.2 Å². The lowest BCUT2D eigenvalue weighted by Gasteiger charge is -2.15. The van der Waals surface area contributed by atoms with Crippen LogP contribution in [0.4, 0.5) is 5.82 Å². The second-order valence-electron chi connectivity index (χ2n) is 8.46. The molecule has 1 unspecified atom stereocenters. The molecule has 4 rings (SSSR count). The van der Waals surface area contributed by atoms with Crippen LogP contribution in [0.25, 0.3) is 5.65 Å². The number of nitrogens with zero attached hydrogens (tertiary/aromatic N) is 5. The number of likely N-dealkylation sites (tertiary alicyclic amines) is 1. The largest absolute Gasteiger partial charge is 0.469 e. The number of hydrogen-bond donors (Lipinski definition) is 2. The van der Waals surface area contributed by atoms with Crippen molar-refractivity contribution in [2.45, 2.75) is 57.9 Å². The van der Waals surface area contributed by atoms with Crippen LogP contribution in [0.1, 0.15) is 50.6 Å². The number of aryl methyl sites for hydroxylation is 2. The van der Waals surface area contributed by atoms with E-state index in [1.807, 2.05) is 36.1 Å². The maximum absolute atomic E-state index is 12.4. The van der Waals surface area contributed by atoms with Crippen LogP contribution in [-0.2, 0) is 22.4 Å². The van der Waals surface area contributed by atoms with E-state index in [1.54, 1.807) is 10.8 Å². The SMILES string of the molecule is CC(CCc1ccco1)NC(=O)CCc1nnc2ccc(NCCCN3CCCC3=O)nn12. The Morgan fingerprint density at radius 1 is 1.24 bits per heavy atom. The van der Waals surface area contributed by atoms with E-state index in [4.69, 9.17) is 4.42 Å². The molecule has 1 fully saturated rings. The summed E-state index contributed by atoms with van der Waals surface area (Å²) in [4.78, 5) is 26.0. The molecule has 33 heavy (non-hydrogen) atoms. The number of anilines is 1. The molecule has 176 valence electrons. The number of furan rings is 1. The van der Waals surface area contributed by atoms with Gasteiger partial charge in [0.05, 0.1) is 6.26 Å². The fourth-order valence-corrected chi connectivity index (χ4v) is 3.97. The van der Waals surface area contributed by atoms with Crippen molar-refractivity contribution in [2.75, 3.05) is 25.0 Å². The van der Waals surface area contributed by atoms with Crippen molar-refractivity contribution in [2.24, 2.45) is 0 Å². The van der Waals surface area contributed by atoms with Gasteiger partial charge in [-0.05, 0) is 50.5 Å². The van der Waals surface area contributed by atoms with Gasteiger partial charge in [-0.3, -0.25) is 9.59 Å². The molecule has 0 aliphatic carbocycles. The number of fused-ring (bicyclic) bond motifs is 1. The molecule has 2 amide bonds. The summed E-state index contributed by atoms with van der Waals surface area (Å²) in [5.74, 6) is 2.51. The molecule has 3 aromatic rings.